The van der Waals surface area contributed by atoms with Gasteiger partial charge in [-0.1, -0.05) is 30.3 Å². The molecule has 24 heavy (non-hydrogen) atoms. The molecule has 1 heterocycles. The maximum atomic E-state index is 12.8. The third-order valence-corrected chi connectivity index (χ3v) is 3.70. The van der Waals surface area contributed by atoms with Gasteiger partial charge in [0.15, 0.2) is 17.3 Å². The summed E-state index contributed by atoms with van der Waals surface area (Å²) in [7, 11) is 4.19. The molecule has 0 bridgehead atoms. The van der Waals surface area contributed by atoms with Crippen LogP contribution in [0.15, 0.2) is 45.6 Å². The summed E-state index contributed by atoms with van der Waals surface area (Å²) in [6.45, 7) is 0. The van der Waals surface area contributed by atoms with Crippen LogP contribution >= 0.6 is 0 Å². The molecule has 3 aromatic rings. The van der Waals surface area contributed by atoms with E-state index in [9.17, 15) is 9.90 Å². The Morgan fingerprint density at radius 3 is 2.21 bits per heavy atom. The van der Waals surface area contributed by atoms with Gasteiger partial charge >= 0.3 is 0 Å². The van der Waals surface area contributed by atoms with Gasteiger partial charge in [0.1, 0.15) is 11.0 Å². The summed E-state index contributed by atoms with van der Waals surface area (Å²) >= 11 is 0. The zero-order valence-electron chi connectivity index (χ0n) is 13.5. The number of benzene rings is 2. The molecule has 0 saturated heterocycles. The average molecular weight is 328 g/mol. The van der Waals surface area contributed by atoms with Gasteiger partial charge in [-0.25, -0.2) is 0 Å². The van der Waals surface area contributed by atoms with Gasteiger partial charge in [-0.05, 0) is 0 Å². The molecule has 0 fully saturated rings. The molecular weight excluding hydrogens is 312 g/mol. The maximum absolute atomic E-state index is 12.8. The minimum Gasteiger partial charge on any atom is -0.504 e. The van der Waals surface area contributed by atoms with Gasteiger partial charge in [-0.15, -0.1) is 0 Å². The molecule has 0 aliphatic carbocycles. The van der Waals surface area contributed by atoms with Crippen molar-refractivity contribution in [3.05, 3.63) is 46.6 Å². The third kappa shape index (κ3) is 2.32. The fourth-order valence-electron chi connectivity index (χ4n) is 2.59. The van der Waals surface area contributed by atoms with Gasteiger partial charge in [0.25, 0.3) is 0 Å². The molecule has 6 heteroatoms. The summed E-state index contributed by atoms with van der Waals surface area (Å²) in [6.07, 6.45) is 0. The SMILES string of the molecule is COc1cc2oc(-c3ccccc3)c(OC)c(=O)c2c(O)c1OC. The average Bonchev–Trinajstić information content (AvgIpc) is 2.61. The fraction of sp³-hybridized carbons (Fsp3) is 0.167. The standard InChI is InChI=1S/C18H16O6/c1-21-12-9-11-13(14(19)17(12)22-2)15(20)18(23-3)16(24-11)10-7-5-4-6-8-10/h4-9,19H,1-3H3. The van der Waals surface area contributed by atoms with E-state index in [0.29, 0.717) is 5.56 Å². The van der Waals surface area contributed by atoms with Crippen LogP contribution in [0.25, 0.3) is 22.3 Å². The molecule has 2 aromatic carbocycles. The minimum absolute atomic E-state index is 0.0104. The van der Waals surface area contributed by atoms with Crippen LogP contribution in [-0.4, -0.2) is 26.4 Å². The van der Waals surface area contributed by atoms with Crippen molar-refractivity contribution in [2.45, 2.75) is 0 Å². The van der Waals surface area contributed by atoms with E-state index < -0.39 is 5.43 Å². The first-order valence-corrected chi connectivity index (χ1v) is 7.16. The number of rotatable bonds is 4. The zero-order valence-corrected chi connectivity index (χ0v) is 13.5. The molecule has 3 rings (SSSR count). The molecule has 124 valence electrons. The first-order chi connectivity index (χ1) is 11.6. The summed E-state index contributed by atoms with van der Waals surface area (Å²) in [4.78, 5) is 12.8. The Balaban J connectivity index is 2.44. The number of phenolic OH excluding ortho intramolecular Hbond substituents is 1. The van der Waals surface area contributed by atoms with Crippen molar-refractivity contribution in [1.29, 1.82) is 0 Å². The van der Waals surface area contributed by atoms with Gasteiger partial charge in [-0.3, -0.25) is 4.79 Å². The molecule has 1 aromatic heterocycles. The molecule has 0 aliphatic rings. The van der Waals surface area contributed by atoms with E-state index in [4.69, 9.17) is 18.6 Å². The number of methoxy groups -OCH3 is 3. The van der Waals surface area contributed by atoms with Crippen LogP contribution in [0, 0.1) is 0 Å². The number of ether oxygens (including phenoxy) is 3. The van der Waals surface area contributed by atoms with E-state index >= 15 is 0 Å². The lowest BCUT2D eigenvalue weighted by Gasteiger charge is -2.13. The Bertz CT molecular complexity index is 943. The van der Waals surface area contributed by atoms with Crippen LogP contribution in [-0.2, 0) is 0 Å². The van der Waals surface area contributed by atoms with E-state index in [1.165, 1.54) is 27.4 Å². The Morgan fingerprint density at radius 2 is 1.62 bits per heavy atom. The molecule has 0 amide bonds. The highest BCUT2D eigenvalue weighted by Gasteiger charge is 2.23. The monoisotopic (exact) mass is 328 g/mol. The molecule has 6 nitrogen and oxygen atoms in total. The van der Waals surface area contributed by atoms with Gasteiger partial charge in [0.05, 0.1) is 21.3 Å². The smallest absolute Gasteiger partial charge is 0.239 e. The molecule has 0 spiro atoms. The molecule has 0 radical (unpaired) electrons. The Kier molecular flexibility index (Phi) is 4.04. The van der Waals surface area contributed by atoms with Gasteiger partial charge < -0.3 is 23.7 Å². The maximum Gasteiger partial charge on any atom is 0.239 e. The second-order valence-corrected chi connectivity index (χ2v) is 4.99. The van der Waals surface area contributed by atoms with Crippen LogP contribution in [0.4, 0.5) is 0 Å². The molecular formula is C18H16O6. The van der Waals surface area contributed by atoms with E-state index in [-0.39, 0.29) is 39.7 Å². The molecule has 0 saturated carbocycles. The zero-order chi connectivity index (χ0) is 17.3. The summed E-state index contributed by atoms with van der Waals surface area (Å²) in [5, 5.41) is 10.4. The highest BCUT2D eigenvalue weighted by molar-refractivity contribution is 5.91. The largest absolute Gasteiger partial charge is 0.504 e. The van der Waals surface area contributed by atoms with Crippen LogP contribution in [0.3, 0.4) is 0 Å². The Morgan fingerprint density at radius 1 is 0.958 bits per heavy atom. The number of hydrogen-bond donors (Lipinski definition) is 1. The predicted octanol–water partition coefficient (Wildman–Crippen LogP) is 3.19. The topological polar surface area (TPSA) is 78.1 Å². The molecule has 0 atom stereocenters. The van der Waals surface area contributed by atoms with Crippen molar-refractivity contribution in [3.63, 3.8) is 0 Å². The Labute approximate surface area is 137 Å². The molecule has 0 unspecified atom stereocenters. The van der Waals surface area contributed by atoms with E-state index in [1.807, 2.05) is 18.2 Å². The van der Waals surface area contributed by atoms with Gasteiger partial charge in [0.2, 0.25) is 16.9 Å². The summed E-state index contributed by atoms with van der Waals surface area (Å²) < 4.78 is 21.4. The lowest BCUT2D eigenvalue weighted by molar-refractivity contribution is 0.334. The van der Waals surface area contributed by atoms with E-state index in [2.05, 4.69) is 0 Å². The van der Waals surface area contributed by atoms with Crippen molar-refractivity contribution >= 4 is 11.0 Å². The number of phenols is 1. The lowest BCUT2D eigenvalue weighted by atomic mass is 10.1. The number of fused-ring (bicyclic) bond motifs is 1. The van der Waals surface area contributed by atoms with Crippen LogP contribution < -0.4 is 19.6 Å². The molecule has 0 aliphatic heterocycles. The van der Waals surface area contributed by atoms with Crippen molar-refractivity contribution in [2.75, 3.05) is 21.3 Å². The first-order valence-electron chi connectivity index (χ1n) is 7.16. The van der Waals surface area contributed by atoms with Gasteiger partial charge in [-0.2, -0.15) is 0 Å². The van der Waals surface area contributed by atoms with Crippen molar-refractivity contribution < 1.29 is 23.7 Å². The highest BCUT2D eigenvalue weighted by atomic mass is 16.5. The van der Waals surface area contributed by atoms with Gasteiger partial charge in [0, 0.05) is 11.6 Å². The van der Waals surface area contributed by atoms with Crippen LogP contribution in [0.2, 0.25) is 0 Å². The summed E-state index contributed by atoms with van der Waals surface area (Å²) in [5.41, 5.74) is 0.369. The normalized spacial score (nSPS) is 10.6. The Hall–Kier alpha value is -3.15. The lowest BCUT2D eigenvalue weighted by Crippen LogP contribution is -2.08. The van der Waals surface area contributed by atoms with Crippen LogP contribution in [0.5, 0.6) is 23.0 Å². The second kappa shape index (κ2) is 6.16. The summed E-state index contributed by atoms with van der Waals surface area (Å²) in [5.74, 6) is 0.263. The summed E-state index contributed by atoms with van der Waals surface area (Å²) in [6, 6.07) is 10.6. The minimum atomic E-state index is -0.490. The number of aromatic hydroxyl groups is 1. The second-order valence-electron chi connectivity index (χ2n) is 4.99. The van der Waals surface area contributed by atoms with E-state index in [1.54, 1.807) is 12.1 Å². The fourth-order valence-corrected chi connectivity index (χ4v) is 2.59. The highest BCUT2D eigenvalue weighted by Crippen LogP contribution is 2.43. The van der Waals surface area contributed by atoms with Crippen LogP contribution in [0.1, 0.15) is 0 Å². The predicted molar refractivity (Wildman–Crippen MR) is 89.2 cm³/mol. The third-order valence-electron chi connectivity index (χ3n) is 3.70. The van der Waals surface area contributed by atoms with Crippen molar-refractivity contribution in [2.24, 2.45) is 0 Å². The number of hydrogen-bond acceptors (Lipinski definition) is 6. The van der Waals surface area contributed by atoms with Crippen molar-refractivity contribution in [3.8, 4) is 34.3 Å². The molecule has 1 N–H and O–H groups in total. The quantitative estimate of drug-likeness (QED) is 0.792. The van der Waals surface area contributed by atoms with Crippen molar-refractivity contribution in [1.82, 2.24) is 0 Å². The first kappa shape index (κ1) is 15.7. The van der Waals surface area contributed by atoms with E-state index in [0.717, 1.165) is 0 Å².